The molecule has 1 N–H and O–H groups in total. The summed E-state index contributed by atoms with van der Waals surface area (Å²) in [5.41, 5.74) is 0. The topological polar surface area (TPSA) is 48.3 Å². The normalized spacial score (nSPS) is 18.5. The van der Waals surface area contributed by atoms with Crippen molar-refractivity contribution in [2.75, 3.05) is 20.2 Å². The van der Waals surface area contributed by atoms with Crippen LogP contribution in [0, 0.1) is 0 Å². The van der Waals surface area contributed by atoms with Crippen molar-refractivity contribution in [3.8, 4) is 17.2 Å². The molecular formula is C14H17N3O2. The summed E-state index contributed by atoms with van der Waals surface area (Å²) >= 11 is 0. The highest BCUT2D eigenvalue weighted by Crippen LogP contribution is 2.26. The predicted molar refractivity (Wildman–Crippen MR) is 71.8 cm³/mol. The molecule has 1 aromatic heterocycles. The fourth-order valence-corrected chi connectivity index (χ4v) is 2.24. The summed E-state index contributed by atoms with van der Waals surface area (Å²) in [6.45, 7) is 2.02. The molecule has 1 saturated heterocycles. The molecule has 3 rings (SSSR count). The molecule has 19 heavy (non-hydrogen) atoms. The molecule has 0 radical (unpaired) electrons. The zero-order valence-corrected chi connectivity index (χ0v) is 10.9. The van der Waals surface area contributed by atoms with Crippen LogP contribution in [0.25, 0.3) is 0 Å². The van der Waals surface area contributed by atoms with E-state index in [0.29, 0.717) is 6.04 Å². The van der Waals surface area contributed by atoms with Crippen LogP contribution in [-0.4, -0.2) is 30.0 Å². The van der Waals surface area contributed by atoms with Gasteiger partial charge in [0.15, 0.2) is 5.75 Å². The third kappa shape index (κ3) is 2.71. The maximum absolute atomic E-state index is 5.78. The minimum absolute atomic E-state index is 0.433. The van der Waals surface area contributed by atoms with Crippen LogP contribution in [0.2, 0.25) is 0 Å². The second-order valence-corrected chi connectivity index (χ2v) is 4.58. The van der Waals surface area contributed by atoms with Crippen LogP contribution in [0.3, 0.4) is 0 Å². The number of rotatable bonds is 4. The lowest BCUT2D eigenvalue weighted by Crippen LogP contribution is -2.13. The average Bonchev–Trinajstić information content (AvgIpc) is 3.09. The van der Waals surface area contributed by atoms with Crippen molar-refractivity contribution in [3.63, 3.8) is 0 Å². The summed E-state index contributed by atoms with van der Waals surface area (Å²) in [6.07, 6.45) is 4.80. The molecule has 5 nitrogen and oxygen atoms in total. The Kier molecular flexibility index (Phi) is 3.37. The van der Waals surface area contributed by atoms with Crippen molar-refractivity contribution in [3.05, 3.63) is 36.7 Å². The van der Waals surface area contributed by atoms with Crippen molar-refractivity contribution in [2.24, 2.45) is 0 Å². The van der Waals surface area contributed by atoms with Gasteiger partial charge in [0.1, 0.15) is 11.5 Å². The SMILES string of the molecule is COc1cccc(Oc2cnn(C3CCNC3)c2)c1. The molecule has 0 aliphatic carbocycles. The van der Waals surface area contributed by atoms with Crippen LogP contribution in [0.1, 0.15) is 12.5 Å². The molecule has 0 amide bonds. The Morgan fingerprint density at radius 2 is 2.21 bits per heavy atom. The van der Waals surface area contributed by atoms with Crippen LogP contribution >= 0.6 is 0 Å². The van der Waals surface area contributed by atoms with E-state index in [1.165, 1.54) is 0 Å². The Labute approximate surface area is 112 Å². The van der Waals surface area contributed by atoms with Gasteiger partial charge < -0.3 is 14.8 Å². The van der Waals surface area contributed by atoms with Gasteiger partial charge in [0.2, 0.25) is 0 Å². The molecule has 100 valence electrons. The van der Waals surface area contributed by atoms with Gasteiger partial charge in [-0.25, -0.2) is 0 Å². The highest BCUT2D eigenvalue weighted by Gasteiger charge is 2.17. The van der Waals surface area contributed by atoms with Crippen LogP contribution in [-0.2, 0) is 0 Å². The van der Waals surface area contributed by atoms with E-state index in [1.54, 1.807) is 13.3 Å². The van der Waals surface area contributed by atoms with Crippen molar-refractivity contribution in [1.82, 2.24) is 15.1 Å². The Balaban J connectivity index is 1.72. The Bertz CT molecular complexity index is 547. The highest BCUT2D eigenvalue weighted by atomic mass is 16.5. The van der Waals surface area contributed by atoms with E-state index in [9.17, 15) is 0 Å². The van der Waals surface area contributed by atoms with Gasteiger partial charge in [-0.1, -0.05) is 6.07 Å². The summed E-state index contributed by atoms with van der Waals surface area (Å²) in [4.78, 5) is 0. The number of hydrogen-bond acceptors (Lipinski definition) is 4. The van der Waals surface area contributed by atoms with E-state index in [4.69, 9.17) is 9.47 Å². The fraction of sp³-hybridized carbons (Fsp3) is 0.357. The molecule has 1 atom stereocenters. The zero-order chi connectivity index (χ0) is 13.1. The zero-order valence-electron chi connectivity index (χ0n) is 10.9. The maximum atomic E-state index is 5.78. The molecular weight excluding hydrogens is 242 g/mol. The monoisotopic (exact) mass is 259 g/mol. The number of hydrogen-bond donors (Lipinski definition) is 1. The molecule has 1 aromatic carbocycles. The minimum atomic E-state index is 0.433. The van der Waals surface area contributed by atoms with Crippen LogP contribution in [0.15, 0.2) is 36.7 Å². The summed E-state index contributed by atoms with van der Waals surface area (Å²) in [5.74, 6) is 2.29. The maximum Gasteiger partial charge on any atom is 0.165 e. The first kappa shape index (κ1) is 12.0. The van der Waals surface area contributed by atoms with Crippen molar-refractivity contribution < 1.29 is 9.47 Å². The number of aromatic nitrogens is 2. The average molecular weight is 259 g/mol. The fourth-order valence-electron chi connectivity index (χ4n) is 2.24. The van der Waals surface area contributed by atoms with E-state index in [0.717, 1.165) is 36.8 Å². The highest BCUT2D eigenvalue weighted by molar-refractivity contribution is 5.35. The van der Waals surface area contributed by atoms with Gasteiger partial charge in [-0.2, -0.15) is 5.10 Å². The summed E-state index contributed by atoms with van der Waals surface area (Å²) < 4.78 is 12.9. The van der Waals surface area contributed by atoms with Gasteiger partial charge in [0.25, 0.3) is 0 Å². The van der Waals surface area contributed by atoms with Crippen molar-refractivity contribution >= 4 is 0 Å². The standard InChI is InChI=1S/C14H17N3O2/c1-18-12-3-2-4-13(7-12)19-14-9-16-17(10-14)11-5-6-15-8-11/h2-4,7,9-11,15H,5-6,8H2,1H3. The predicted octanol–water partition coefficient (Wildman–Crippen LogP) is 2.22. The quantitative estimate of drug-likeness (QED) is 0.914. The Morgan fingerprint density at radius 1 is 1.32 bits per heavy atom. The molecule has 0 saturated carbocycles. The third-order valence-corrected chi connectivity index (χ3v) is 3.26. The minimum Gasteiger partial charge on any atom is -0.497 e. The molecule has 1 unspecified atom stereocenters. The lowest BCUT2D eigenvalue weighted by molar-refractivity contribution is 0.409. The molecule has 2 aromatic rings. The third-order valence-electron chi connectivity index (χ3n) is 3.26. The summed E-state index contributed by atoms with van der Waals surface area (Å²) in [6, 6.07) is 7.98. The molecule has 1 aliphatic heterocycles. The Hall–Kier alpha value is -2.01. The molecule has 0 spiro atoms. The van der Waals surface area contributed by atoms with Crippen molar-refractivity contribution in [2.45, 2.75) is 12.5 Å². The number of benzene rings is 1. The Morgan fingerprint density at radius 3 is 3.00 bits per heavy atom. The van der Waals surface area contributed by atoms with Gasteiger partial charge in [0, 0.05) is 12.6 Å². The lowest BCUT2D eigenvalue weighted by Gasteiger charge is -2.08. The molecule has 2 heterocycles. The first-order chi connectivity index (χ1) is 9.35. The molecule has 5 heteroatoms. The molecule has 0 bridgehead atoms. The second kappa shape index (κ2) is 5.32. The van der Waals surface area contributed by atoms with Crippen LogP contribution in [0.4, 0.5) is 0 Å². The molecule has 1 aliphatic rings. The summed E-state index contributed by atoms with van der Waals surface area (Å²) in [5, 5.41) is 7.68. The van der Waals surface area contributed by atoms with E-state index in [2.05, 4.69) is 10.4 Å². The van der Waals surface area contributed by atoms with Gasteiger partial charge in [0.05, 0.1) is 25.5 Å². The molecule has 1 fully saturated rings. The van der Waals surface area contributed by atoms with E-state index in [1.807, 2.05) is 35.1 Å². The largest absolute Gasteiger partial charge is 0.497 e. The number of nitrogens with one attached hydrogen (secondary N) is 1. The number of ether oxygens (including phenoxy) is 2. The van der Waals surface area contributed by atoms with E-state index in [-0.39, 0.29) is 0 Å². The first-order valence-corrected chi connectivity index (χ1v) is 6.42. The lowest BCUT2D eigenvalue weighted by atomic mass is 10.3. The smallest absolute Gasteiger partial charge is 0.165 e. The van der Waals surface area contributed by atoms with Gasteiger partial charge in [-0.15, -0.1) is 0 Å². The van der Waals surface area contributed by atoms with E-state index < -0.39 is 0 Å². The number of methoxy groups -OCH3 is 1. The van der Waals surface area contributed by atoms with Crippen LogP contribution in [0.5, 0.6) is 17.2 Å². The van der Waals surface area contributed by atoms with E-state index >= 15 is 0 Å². The van der Waals surface area contributed by atoms with Gasteiger partial charge >= 0.3 is 0 Å². The van der Waals surface area contributed by atoms with Gasteiger partial charge in [-0.05, 0) is 25.1 Å². The number of nitrogens with zero attached hydrogens (tertiary/aromatic N) is 2. The summed E-state index contributed by atoms with van der Waals surface area (Å²) in [7, 11) is 1.64. The van der Waals surface area contributed by atoms with Crippen LogP contribution < -0.4 is 14.8 Å². The first-order valence-electron chi connectivity index (χ1n) is 6.42. The second-order valence-electron chi connectivity index (χ2n) is 4.58. The van der Waals surface area contributed by atoms with Gasteiger partial charge in [-0.3, -0.25) is 4.68 Å². The van der Waals surface area contributed by atoms with Crippen molar-refractivity contribution in [1.29, 1.82) is 0 Å².